The Bertz CT molecular complexity index is 58.0. The standard InChI is InChI=1S/C4H8O2.Na.H/c1-4(6)2-3-5;;/h5H,2-3H2,1H3;;/q;+1;-1. The number of aliphatic hydroxyl groups excluding tert-OH is 1. The molecule has 0 aliphatic rings. The van der Waals surface area contributed by atoms with Crippen LogP contribution in [0.2, 0.25) is 0 Å². The van der Waals surface area contributed by atoms with E-state index in [0.717, 1.165) is 0 Å². The van der Waals surface area contributed by atoms with E-state index in [4.69, 9.17) is 5.11 Å². The maximum Gasteiger partial charge on any atom is 1.00 e. The molecule has 0 aliphatic heterocycles. The van der Waals surface area contributed by atoms with Crippen molar-refractivity contribution in [2.24, 2.45) is 0 Å². The van der Waals surface area contributed by atoms with Gasteiger partial charge in [-0.05, 0) is 6.92 Å². The van der Waals surface area contributed by atoms with Crippen LogP contribution in [0.5, 0.6) is 0 Å². The average molecular weight is 112 g/mol. The Morgan fingerprint density at radius 2 is 2.29 bits per heavy atom. The van der Waals surface area contributed by atoms with Crippen molar-refractivity contribution in [2.45, 2.75) is 13.3 Å². The molecule has 38 valence electrons. The third kappa shape index (κ3) is 10.8. The van der Waals surface area contributed by atoms with Crippen LogP contribution in [-0.2, 0) is 4.79 Å². The molecule has 0 spiro atoms. The van der Waals surface area contributed by atoms with Gasteiger partial charge in [-0.25, -0.2) is 0 Å². The second-order valence-corrected chi connectivity index (χ2v) is 1.18. The first-order chi connectivity index (χ1) is 2.77. The van der Waals surface area contributed by atoms with E-state index in [1.807, 2.05) is 0 Å². The number of carbonyl (C=O) groups excluding carboxylic acids is 1. The SMILES string of the molecule is CC(=O)CCO.[H-].[Na+]. The molecule has 0 amide bonds. The van der Waals surface area contributed by atoms with Gasteiger partial charge >= 0.3 is 29.6 Å². The largest absolute Gasteiger partial charge is 1.00 e. The number of hydrogen-bond acceptors (Lipinski definition) is 2. The summed E-state index contributed by atoms with van der Waals surface area (Å²) in [6.07, 6.45) is 0.292. The van der Waals surface area contributed by atoms with Gasteiger partial charge in [0.15, 0.2) is 0 Å². The zero-order valence-electron chi connectivity index (χ0n) is 5.77. The fourth-order valence-electron chi connectivity index (χ4n) is 0.157. The summed E-state index contributed by atoms with van der Waals surface area (Å²) in [7, 11) is 0. The van der Waals surface area contributed by atoms with Crippen molar-refractivity contribution in [3.05, 3.63) is 0 Å². The number of rotatable bonds is 2. The van der Waals surface area contributed by atoms with E-state index < -0.39 is 0 Å². The van der Waals surface area contributed by atoms with Crippen molar-refractivity contribution >= 4 is 5.78 Å². The first kappa shape index (κ1) is 10.6. The van der Waals surface area contributed by atoms with Crippen LogP contribution in [-0.4, -0.2) is 17.5 Å². The number of aliphatic hydroxyl groups is 1. The fourth-order valence-corrected chi connectivity index (χ4v) is 0.157. The van der Waals surface area contributed by atoms with E-state index >= 15 is 0 Å². The molecule has 0 bridgehead atoms. The molecular formula is C4H9NaO2. The quantitative estimate of drug-likeness (QED) is 0.388. The first-order valence-electron chi connectivity index (χ1n) is 1.87. The van der Waals surface area contributed by atoms with Gasteiger partial charge in [0.05, 0.1) is 0 Å². The molecule has 0 aliphatic carbocycles. The summed E-state index contributed by atoms with van der Waals surface area (Å²) >= 11 is 0. The zero-order valence-corrected chi connectivity index (χ0v) is 6.77. The zero-order chi connectivity index (χ0) is 4.99. The minimum atomic E-state index is -0.0185. The maximum atomic E-state index is 9.88. The van der Waals surface area contributed by atoms with Crippen molar-refractivity contribution in [1.82, 2.24) is 0 Å². The van der Waals surface area contributed by atoms with E-state index in [0.29, 0.717) is 6.42 Å². The van der Waals surface area contributed by atoms with Crippen LogP contribution < -0.4 is 29.6 Å². The molecule has 1 N–H and O–H groups in total. The predicted octanol–water partition coefficient (Wildman–Crippen LogP) is -2.93. The number of carbonyl (C=O) groups is 1. The van der Waals surface area contributed by atoms with Crippen molar-refractivity contribution in [1.29, 1.82) is 0 Å². The van der Waals surface area contributed by atoms with E-state index in [-0.39, 0.29) is 43.4 Å². The van der Waals surface area contributed by atoms with Gasteiger partial charge in [0.25, 0.3) is 0 Å². The van der Waals surface area contributed by atoms with E-state index in [9.17, 15) is 4.79 Å². The van der Waals surface area contributed by atoms with Crippen LogP contribution in [0.25, 0.3) is 0 Å². The number of Topliss-reactive ketones (excluding diaryl/α,β-unsaturated/α-hetero) is 1. The fraction of sp³-hybridized carbons (Fsp3) is 0.750. The van der Waals surface area contributed by atoms with Gasteiger partial charge < -0.3 is 6.53 Å². The van der Waals surface area contributed by atoms with Crippen LogP contribution in [0.15, 0.2) is 0 Å². The van der Waals surface area contributed by atoms with Crippen LogP contribution in [0, 0.1) is 0 Å². The van der Waals surface area contributed by atoms with Crippen LogP contribution >= 0.6 is 0 Å². The van der Waals surface area contributed by atoms with Crippen molar-refractivity contribution in [2.75, 3.05) is 6.61 Å². The van der Waals surface area contributed by atoms with Gasteiger partial charge in [-0.15, -0.1) is 0 Å². The molecule has 0 fully saturated rings. The molecule has 0 atom stereocenters. The summed E-state index contributed by atoms with van der Waals surface area (Å²) in [4.78, 5) is 9.88. The van der Waals surface area contributed by atoms with Gasteiger partial charge in [-0.2, -0.15) is 0 Å². The summed E-state index contributed by atoms with van der Waals surface area (Å²) in [5.41, 5.74) is 0. The van der Waals surface area contributed by atoms with E-state index in [1.165, 1.54) is 6.92 Å². The molecule has 2 nitrogen and oxygen atoms in total. The molecule has 0 aromatic heterocycles. The summed E-state index contributed by atoms with van der Waals surface area (Å²) in [6, 6.07) is 0. The molecule has 3 heteroatoms. The normalized spacial score (nSPS) is 7.14. The molecule has 0 aromatic carbocycles. The summed E-state index contributed by atoms with van der Waals surface area (Å²) in [5.74, 6) is 0.0394. The number of hydrogen-bond donors (Lipinski definition) is 1. The Kier molecular flexibility index (Phi) is 10.0. The Balaban J connectivity index is -0.000000125. The molecule has 0 saturated heterocycles. The Morgan fingerprint density at radius 1 is 1.86 bits per heavy atom. The first-order valence-corrected chi connectivity index (χ1v) is 1.87. The molecule has 0 unspecified atom stereocenters. The van der Waals surface area contributed by atoms with Gasteiger partial charge in [0, 0.05) is 13.0 Å². The predicted molar refractivity (Wildman–Crippen MR) is 23.5 cm³/mol. The van der Waals surface area contributed by atoms with Crippen molar-refractivity contribution in [3.63, 3.8) is 0 Å². The van der Waals surface area contributed by atoms with Crippen molar-refractivity contribution < 1.29 is 40.9 Å². The third-order valence-electron chi connectivity index (χ3n) is 0.464. The average Bonchev–Trinajstić information content (AvgIpc) is 1.35. The van der Waals surface area contributed by atoms with Crippen LogP contribution in [0.1, 0.15) is 14.8 Å². The van der Waals surface area contributed by atoms with Gasteiger partial charge in [-0.1, -0.05) is 0 Å². The minimum absolute atomic E-state index is 0. The Labute approximate surface area is 66.7 Å². The van der Waals surface area contributed by atoms with Gasteiger partial charge in [-0.3, -0.25) is 4.79 Å². The second kappa shape index (κ2) is 6.63. The Morgan fingerprint density at radius 3 is 2.29 bits per heavy atom. The summed E-state index contributed by atoms with van der Waals surface area (Å²) in [6.45, 7) is 1.44. The third-order valence-corrected chi connectivity index (χ3v) is 0.464. The maximum absolute atomic E-state index is 9.88. The van der Waals surface area contributed by atoms with Crippen LogP contribution in [0.3, 0.4) is 0 Å². The summed E-state index contributed by atoms with van der Waals surface area (Å²) in [5, 5.41) is 8.02. The van der Waals surface area contributed by atoms with Gasteiger partial charge in [0.2, 0.25) is 0 Å². The molecule has 0 heterocycles. The molecular weight excluding hydrogens is 103 g/mol. The molecule has 0 rings (SSSR count). The van der Waals surface area contributed by atoms with E-state index in [2.05, 4.69) is 0 Å². The smallest absolute Gasteiger partial charge is 1.00 e. The molecule has 0 radical (unpaired) electrons. The number of ketones is 1. The second-order valence-electron chi connectivity index (χ2n) is 1.18. The van der Waals surface area contributed by atoms with Crippen molar-refractivity contribution in [3.8, 4) is 0 Å². The van der Waals surface area contributed by atoms with E-state index in [1.54, 1.807) is 0 Å². The molecule has 0 saturated carbocycles. The Hall–Kier alpha value is 0.630. The summed E-state index contributed by atoms with van der Waals surface area (Å²) < 4.78 is 0. The van der Waals surface area contributed by atoms with Crippen LogP contribution in [0.4, 0.5) is 0 Å². The molecule has 7 heavy (non-hydrogen) atoms. The monoisotopic (exact) mass is 112 g/mol. The minimum Gasteiger partial charge on any atom is -1.00 e. The topological polar surface area (TPSA) is 37.3 Å². The van der Waals surface area contributed by atoms with Gasteiger partial charge in [0.1, 0.15) is 5.78 Å². The molecule has 0 aromatic rings.